The Balaban J connectivity index is 2.23. The Bertz CT molecular complexity index is 765. The second kappa shape index (κ2) is 6.21. The zero-order valence-electron chi connectivity index (χ0n) is 12.2. The summed E-state index contributed by atoms with van der Waals surface area (Å²) in [5, 5.41) is 10.7. The first-order valence-electron chi connectivity index (χ1n) is 6.56. The summed E-state index contributed by atoms with van der Waals surface area (Å²) in [5.74, 6) is -0.564. The molecule has 0 aliphatic rings. The van der Waals surface area contributed by atoms with Gasteiger partial charge in [0.25, 0.3) is 17.2 Å². The molecule has 0 spiro atoms. The molecule has 0 atom stereocenters. The average molecular weight is 301 g/mol. The Morgan fingerprint density at radius 1 is 1.32 bits per heavy atom. The molecule has 1 heterocycles. The summed E-state index contributed by atoms with van der Waals surface area (Å²) in [5.41, 5.74) is 0.790. The Hall–Kier alpha value is -2.96. The molecule has 0 fully saturated rings. The van der Waals surface area contributed by atoms with Crippen molar-refractivity contribution in [2.24, 2.45) is 0 Å². The summed E-state index contributed by atoms with van der Waals surface area (Å²) in [4.78, 5) is 37.6. The topological polar surface area (TPSA) is 96.3 Å². The number of nitro groups is 1. The number of nitrogens with one attached hydrogen (secondary N) is 1. The maximum atomic E-state index is 12.3. The van der Waals surface area contributed by atoms with Gasteiger partial charge in [-0.1, -0.05) is 29.8 Å². The molecular weight excluding hydrogens is 286 g/mol. The zero-order valence-corrected chi connectivity index (χ0v) is 12.2. The summed E-state index contributed by atoms with van der Waals surface area (Å²) >= 11 is 0. The van der Waals surface area contributed by atoms with Crippen LogP contribution in [0.2, 0.25) is 0 Å². The van der Waals surface area contributed by atoms with Gasteiger partial charge in [-0.3, -0.25) is 19.7 Å². The second-order valence-corrected chi connectivity index (χ2v) is 5.00. The maximum Gasteiger partial charge on any atom is 0.286 e. The Kier molecular flexibility index (Phi) is 4.36. The highest BCUT2D eigenvalue weighted by atomic mass is 16.6. The number of aromatic nitrogens is 1. The van der Waals surface area contributed by atoms with Gasteiger partial charge >= 0.3 is 0 Å². The van der Waals surface area contributed by atoms with Crippen LogP contribution in [-0.4, -0.2) is 27.8 Å². The molecule has 0 unspecified atom stereocenters. The fourth-order valence-corrected chi connectivity index (χ4v) is 1.98. The van der Waals surface area contributed by atoms with Crippen LogP contribution in [0.3, 0.4) is 0 Å². The molecule has 7 heteroatoms. The predicted octanol–water partition coefficient (Wildman–Crippen LogP) is 1.86. The Morgan fingerprint density at radius 2 is 1.95 bits per heavy atom. The van der Waals surface area contributed by atoms with Gasteiger partial charge in [-0.2, -0.15) is 0 Å². The molecular formula is C15H15N3O4. The minimum Gasteiger partial charge on any atom is -0.337 e. The van der Waals surface area contributed by atoms with Crippen LogP contribution in [0.4, 0.5) is 5.69 Å². The lowest BCUT2D eigenvalue weighted by Crippen LogP contribution is -2.31. The van der Waals surface area contributed by atoms with Gasteiger partial charge in [0, 0.05) is 19.7 Å². The zero-order chi connectivity index (χ0) is 16.3. The van der Waals surface area contributed by atoms with Crippen molar-refractivity contribution < 1.29 is 9.72 Å². The normalized spacial score (nSPS) is 10.3. The fourth-order valence-electron chi connectivity index (χ4n) is 1.98. The van der Waals surface area contributed by atoms with Crippen LogP contribution in [0.15, 0.2) is 41.3 Å². The highest BCUT2D eigenvalue weighted by Crippen LogP contribution is 2.12. The number of H-pyrrole nitrogens is 1. The summed E-state index contributed by atoms with van der Waals surface area (Å²) < 4.78 is 0. The first kappa shape index (κ1) is 15.4. The number of carbonyl (C=O) groups is 1. The monoisotopic (exact) mass is 301 g/mol. The third kappa shape index (κ3) is 3.38. The van der Waals surface area contributed by atoms with Gasteiger partial charge in [-0.25, -0.2) is 0 Å². The van der Waals surface area contributed by atoms with E-state index in [0.29, 0.717) is 6.54 Å². The largest absolute Gasteiger partial charge is 0.337 e. The van der Waals surface area contributed by atoms with E-state index in [4.69, 9.17) is 0 Å². The molecule has 1 aromatic heterocycles. The average Bonchev–Trinajstić information content (AvgIpc) is 2.49. The van der Waals surface area contributed by atoms with Crippen LogP contribution in [0.1, 0.15) is 21.5 Å². The van der Waals surface area contributed by atoms with E-state index in [2.05, 4.69) is 4.98 Å². The first-order valence-corrected chi connectivity index (χ1v) is 6.56. The molecule has 0 saturated carbocycles. The van der Waals surface area contributed by atoms with Gasteiger partial charge in [0.1, 0.15) is 5.56 Å². The van der Waals surface area contributed by atoms with E-state index in [-0.39, 0.29) is 11.3 Å². The molecule has 1 aromatic carbocycles. The summed E-state index contributed by atoms with van der Waals surface area (Å²) in [6.07, 6.45) is 0.971. The smallest absolute Gasteiger partial charge is 0.286 e. The van der Waals surface area contributed by atoms with Crippen molar-refractivity contribution in [1.82, 2.24) is 9.88 Å². The van der Waals surface area contributed by atoms with Crippen molar-refractivity contribution in [3.8, 4) is 0 Å². The van der Waals surface area contributed by atoms with Crippen LogP contribution in [0, 0.1) is 17.0 Å². The Morgan fingerprint density at radius 3 is 2.55 bits per heavy atom. The lowest BCUT2D eigenvalue weighted by molar-refractivity contribution is -0.385. The number of aryl methyl sites for hydroxylation is 1. The molecule has 0 saturated heterocycles. The van der Waals surface area contributed by atoms with Crippen molar-refractivity contribution in [3.05, 3.63) is 73.7 Å². The van der Waals surface area contributed by atoms with Crippen LogP contribution in [0.25, 0.3) is 0 Å². The quantitative estimate of drug-likeness (QED) is 0.688. The molecule has 1 N–H and O–H groups in total. The molecule has 2 aromatic rings. The summed E-state index contributed by atoms with van der Waals surface area (Å²) in [6, 6.07) is 8.61. The van der Waals surface area contributed by atoms with Crippen molar-refractivity contribution >= 4 is 11.6 Å². The molecule has 114 valence electrons. The van der Waals surface area contributed by atoms with Gasteiger partial charge < -0.3 is 9.88 Å². The molecule has 0 aliphatic carbocycles. The number of hydrogen-bond donors (Lipinski definition) is 1. The number of amides is 1. The fraction of sp³-hybridized carbons (Fsp3) is 0.200. The predicted molar refractivity (Wildman–Crippen MR) is 80.7 cm³/mol. The number of aromatic amines is 1. The highest BCUT2D eigenvalue weighted by molar-refractivity contribution is 5.94. The second-order valence-electron chi connectivity index (χ2n) is 5.00. The van der Waals surface area contributed by atoms with E-state index in [9.17, 15) is 19.7 Å². The molecule has 0 aliphatic heterocycles. The number of carbonyl (C=O) groups excluding carboxylic acids is 1. The minimum absolute atomic E-state index is 0.246. The summed E-state index contributed by atoms with van der Waals surface area (Å²) in [6.45, 7) is 2.27. The van der Waals surface area contributed by atoms with Crippen LogP contribution < -0.4 is 5.56 Å². The molecule has 7 nitrogen and oxygen atoms in total. The lowest BCUT2D eigenvalue weighted by Gasteiger charge is -2.17. The van der Waals surface area contributed by atoms with Crippen molar-refractivity contribution in [1.29, 1.82) is 0 Å². The van der Waals surface area contributed by atoms with E-state index >= 15 is 0 Å². The van der Waals surface area contributed by atoms with Gasteiger partial charge in [-0.05, 0) is 12.5 Å². The van der Waals surface area contributed by atoms with Crippen molar-refractivity contribution in [2.75, 3.05) is 7.05 Å². The Labute approximate surface area is 126 Å². The van der Waals surface area contributed by atoms with Gasteiger partial charge in [0.05, 0.1) is 11.1 Å². The van der Waals surface area contributed by atoms with E-state index < -0.39 is 16.4 Å². The third-order valence-corrected chi connectivity index (χ3v) is 3.22. The summed E-state index contributed by atoms with van der Waals surface area (Å²) in [7, 11) is 1.54. The van der Waals surface area contributed by atoms with Crippen LogP contribution >= 0.6 is 0 Å². The lowest BCUT2D eigenvalue weighted by atomic mass is 10.1. The van der Waals surface area contributed by atoms with E-state index in [1.54, 1.807) is 7.05 Å². The highest BCUT2D eigenvalue weighted by Gasteiger charge is 2.19. The van der Waals surface area contributed by atoms with Gasteiger partial charge in [-0.15, -0.1) is 0 Å². The molecule has 0 bridgehead atoms. The van der Waals surface area contributed by atoms with Crippen molar-refractivity contribution in [3.63, 3.8) is 0 Å². The van der Waals surface area contributed by atoms with Crippen LogP contribution in [-0.2, 0) is 6.54 Å². The maximum absolute atomic E-state index is 12.3. The number of nitrogens with zero attached hydrogens (tertiary/aromatic N) is 2. The van der Waals surface area contributed by atoms with E-state index in [1.165, 1.54) is 4.90 Å². The third-order valence-electron chi connectivity index (χ3n) is 3.22. The van der Waals surface area contributed by atoms with E-state index in [0.717, 1.165) is 23.4 Å². The molecule has 22 heavy (non-hydrogen) atoms. The van der Waals surface area contributed by atoms with Crippen molar-refractivity contribution in [2.45, 2.75) is 13.5 Å². The standard InChI is InChI=1S/C15H15N3O4/c1-10-3-5-11(6-4-10)9-17(2)15(20)13-7-12(18(21)22)8-16-14(13)19/h3-8H,9H2,1-2H3,(H,16,19). The van der Waals surface area contributed by atoms with Crippen LogP contribution in [0.5, 0.6) is 0 Å². The molecule has 2 rings (SSSR count). The van der Waals surface area contributed by atoms with Gasteiger partial charge in [0.15, 0.2) is 0 Å². The SMILES string of the molecule is Cc1ccc(CN(C)C(=O)c2cc([N+](=O)[O-])c[nH]c2=O)cc1. The number of rotatable bonds is 4. The first-order chi connectivity index (χ1) is 10.4. The van der Waals surface area contributed by atoms with Gasteiger partial charge in [0.2, 0.25) is 0 Å². The number of pyridine rings is 1. The number of benzene rings is 1. The number of hydrogen-bond acceptors (Lipinski definition) is 4. The molecule has 0 radical (unpaired) electrons. The minimum atomic E-state index is -0.660. The molecule has 1 amide bonds. The van der Waals surface area contributed by atoms with E-state index in [1.807, 2.05) is 31.2 Å².